The van der Waals surface area contributed by atoms with Crippen LogP contribution < -0.4 is 0 Å². The van der Waals surface area contributed by atoms with Gasteiger partial charge in [-0.3, -0.25) is 0 Å². The maximum atomic E-state index is 11.7. The molecule has 348 valence electrons. The zero-order valence-corrected chi connectivity index (χ0v) is 42.4. The van der Waals surface area contributed by atoms with Gasteiger partial charge >= 0.3 is 0 Å². The smallest absolute Gasteiger partial charge is 0.123 e. The van der Waals surface area contributed by atoms with E-state index in [9.17, 15) is 30.6 Å². The molecule has 1 aliphatic rings. The molecule has 0 spiro atoms. The number of rotatable bonds is 0. The van der Waals surface area contributed by atoms with Crippen LogP contribution in [0.5, 0.6) is 34.5 Å². The van der Waals surface area contributed by atoms with E-state index < -0.39 is 0 Å². The van der Waals surface area contributed by atoms with Gasteiger partial charge in [0.25, 0.3) is 0 Å². The van der Waals surface area contributed by atoms with Crippen LogP contribution in [-0.2, 0) is 48.7 Å². The molecular weight excluding hydrogens is 897 g/mol. The maximum Gasteiger partial charge on any atom is 0.123 e. The molecule has 0 aliphatic carbocycles. The van der Waals surface area contributed by atoms with E-state index in [4.69, 9.17) is 0 Å². The molecule has 0 fully saturated rings. The lowest BCUT2D eigenvalue weighted by molar-refractivity contribution is 0.453. The Labute approximate surface area is 408 Å². The van der Waals surface area contributed by atoms with Crippen LogP contribution in [-0.4, -0.2) is 53.7 Å². The Hall–Kier alpha value is -4.48. The highest BCUT2D eigenvalue weighted by molar-refractivity contribution is 7.99. The predicted octanol–water partition coefficient (Wildman–Crippen LogP) is 13.6. The number of fused-ring (bicyclic) bond motifs is 12. The van der Waals surface area contributed by atoms with Gasteiger partial charge in [0.1, 0.15) is 34.5 Å². The summed E-state index contributed by atoms with van der Waals surface area (Å²) in [4.78, 5) is 0. The van der Waals surface area contributed by atoms with E-state index >= 15 is 0 Å². The first-order valence-electron chi connectivity index (χ1n) is 22.8. The summed E-state index contributed by atoms with van der Waals surface area (Å²) < 4.78 is 0. The van der Waals surface area contributed by atoms with Crippen molar-refractivity contribution >= 4 is 47.0 Å². The van der Waals surface area contributed by atoms with E-state index in [1.165, 1.54) is 0 Å². The van der Waals surface area contributed by atoms with Crippen LogP contribution in [0.3, 0.4) is 0 Å². The van der Waals surface area contributed by atoms with Crippen LogP contribution in [0.1, 0.15) is 113 Å². The quantitative estimate of drug-likeness (QED) is 0.0878. The predicted molar refractivity (Wildman–Crippen MR) is 282 cm³/mol. The van der Waals surface area contributed by atoms with Gasteiger partial charge in [0.15, 0.2) is 0 Å². The highest BCUT2D eigenvalue weighted by Crippen LogP contribution is 2.39. The molecule has 0 amide bonds. The molecule has 12 bridgehead atoms. The number of aryl methyl sites for hydroxylation is 6. The van der Waals surface area contributed by atoms with Gasteiger partial charge in [0.05, 0.1) is 0 Å². The first-order chi connectivity index (χ1) is 31.6. The van der Waals surface area contributed by atoms with E-state index in [0.717, 1.165) is 136 Å². The molecule has 0 saturated heterocycles. The summed E-state index contributed by atoms with van der Waals surface area (Å²) in [5.41, 5.74) is 15.9. The van der Waals surface area contributed by atoms with Gasteiger partial charge in [0.2, 0.25) is 0 Å². The van der Waals surface area contributed by atoms with Gasteiger partial charge in [-0.15, -0.1) is 0 Å². The lowest BCUT2D eigenvalue weighted by atomic mass is 9.92. The van der Waals surface area contributed by atoms with Gasteiger partial charge in [-0.2, -0.15) is 47.0 Å². The summed E-state index contributed by atoms with van der Waals surface area (Å²) in [7, 11) is 0. The molecule has 1 aliphatic heterocycles. The SMILES string of the molecule is Cc1cc2c(O)c(c1)Cc1cc(C)cc(c1O)Cc1cc(C)cc(c1O)CSCCCSCc1cc(C)cc(c1O)Cc1cc(C)cc(c1O)Cc1cc(C)cc(c1O)CSCCCSC2. The molecule has 10 heteroatoms. The van der Waals surface area contributed by atoms with Crippen LogP contribution in [0.15, 0.2) is 72.8 Å². The largest absolute Gasteiger partial charge is 0.507 e. The van der Waals surface area contributed by atoms with Crippen LogP contribution in [0, 0.1) is 41.5 Å². The first-order valence-corrected chi connectivity index (χ1v) is 27.4. The van der Waals surface area contributed by atoms with Gasteiger partial charge in [-0.1, -0.05) is 106 Å². The number of thioether (sulfide) groups is 4. The summed E-state index contributed by atoms with van der Waals surface area (Å²) in [6.07, 6.45) is 3.49. The highest BCUT2D eigenvalue weighted by Gasteiger charge is 2.20. The average Bonchev–Trinajstić information content (AvgIpc) is 3.26. The number of hydrogen-bond acceptors (Lipinski definition) is 10. The Morgan fingerprint density at radius 1 is 0.258 bits per heavy atom. The first kappa shape index (κ1) is 49.4. The second-order valence-electron chi connectivity index (χ2n) is 18.2. The average molecular weight is 961 g/mol. The van der Waals surface area contributed by atoms with Crippen molar-refractivity contribution in [3.63, 3.8) is 0 Å². The molecular formula is C56H64O6S4. The lowest BCUT2D eigenvalue weighted by Crippen LogP contribution is -2.00. The number of aromatic hydroxyl groups is 6. The number of benzene rings is 6. The van der Waals surface area contributed by atoms with Crippen molar-refractivity contribution in [1.29, 1.82) is 0 Å². The van der Waals surface area contributed by atoms with E-state index in [1.54, 1.807) is 47.0 Å². The van der Waals surface area contributed by atoms with Crippen molar-refractivity contribution in [1.82, 2.24) is 0 Å². The Morgan fingerprint density at radius 3 is 0.591 bits per heavy atom. The molecule has 6 aromatic carbocycles. The molecule has 0 atom stereocenters. The zero-order chi connectivity index (χ0) is 47.1. The summed E-state index contributed by atoms with van der Waals surface area (Å²) in [6, 6.07) is 24.2. The van der Waals surface area contributed by atoms with Crippen molar-refractivity contribution in [2.45, 2.75) is 103 Å². The standard InChI is InChI=1S/C56H64O6S4/c1-33-13-39-25-43-17-35(3)21-47(53(43)59)29-63-9-7-11-65-31-49-23-37(5)19-45(55(49)61)27-41-15-34(2)16-42(52(41)58)28-46-20-38(6)24-50(56(46)62)32-66-12-8-10-64-30-48-22-36(4)18-44(54(48)60)26-40(14-33)51(39)57/h13-24,57-62H,7-12,25-32H2,1-6H3. The molecule has 1 heterocycles. The zero-order valence-electron chi connectivity index (χ0n) is 39.1. The lowest BCUT2D eigenvalue weighted by Gasteiger charge is -2.17. The van der Waals surface area contributed by atoms with Crippen molar-refractivity contribution in [3.8, 4) is 34.5 Å². The molecule has 0 saturated carbocycles. The topological polar surface area (TPSA) is 121 Å². The number of phenolic OH excluding ortho intramolecular Hbond substituents is 6. The minimum Gasteiger partial charge on any atom is -0.507 e. The van der Waals surface area contributed by atoms with E-state index in [2.05, 4.69) is 0 Å². The van der Waals surface area contributed by atoms with E-state index in [0.29, 0.717) is 48.7 Å². The minimum absolute atomic E-state index is 0.196. The molecule has 0 radical (unpaired) electrons. The highest BCUT2D eigenvalue weighted by atomic mass is 32.2. The van der Waals surface area contributed by atoms with Crippen LogP contribution in [0.2, 0.25) is 0 Å². The van der Waals surface area contributed by atoms with Gasteiger partial charge in [-0.05, 0) is 122 Å². The maximum absolute atomic E-state index is 11.7. The van der Waals surface area contributed by atoms with Crippen molar-refractivity contribution in [2.24, 2.45) is 0 Å². The van der Waals surface area contributed by atoms with Crippen molar-refractivity contribution < 1.29 is 30.6 Å². The Balaban J connectivity index is 1.13. The van der Waals surface area contributed by atoms with E-state index in [-0.39, 0.29) is 34.5 Å². The fraction of sp³-hybridized carbons (Fsp3) is 0.357. The normalized spacial score (nSPS) is 15.0. The summed E-state index contributed by atoms with van der Waals surface area (Å²) in [6.45, 7) is 12.2. The van der Waals surface area contributed by atoms with E-state index in [1.807, 2.05) is 114 Å². The van der Waals surface area contributed by atoms with Crippen molar-refractivity contribution in [2.75, 3.05) is 23.0 Å². The summed E-state index contributed by atoms with van der Waals surface area (Å²) in [5.74, 6) is 7.86. The molecule has 6 aromatic rings. The third-order valence-corrected chi connectivity index (χ3v) is 16.6. The third kappa shape index (κ3) is 12.5. The molecule has 7 rings (SSSR count). The Kier molecular flexibility index (Phi) is 16.9. The molecule has 0 aromatic heterocycles. The summed E-state index contributed by atoms with van der Waals surface area (Å²) in [5, 5.41) is 69.5. The second-order valence-corrected chi connectivity index (χ2v) is 22.6. The summed E-state index contributed by atoms with van der Waals surface area (Å²) >= 11 is 7.17. The fourth-order valence-electron chi connectivity index (χ4n) is 9.20. The molecule has 6 N–H and O–H groups in total. The Morgan fingerprint density at radius 2 is 0.409 bits per heavy atom. The van der Waals surface area contributed by atoms with Gasteiger partial charge in [0, 0.05) is 70.9 Å². The molecule has 0 unspecified atom stereocenters. The second kappa shape index (κ2) is 22.5. The van der Waals surface area contributed by atoms with Gasteiger partial charge in [-0.25, -0.2) is 0 Å². The number of hydrogen-bond donors (Lipinski definition) is 6. The van der Waals surface area contributed by atoms with Crippen LogP contribution >= 0.6 is 47.0 Å². The minimum atomic E-state index is 0.196. The number of phenols is 6. The molecule has 66 heavy (non-hydrogen) atoms. The van der Waals surface area contributed by atoms with Crippen LogP contribution in [0.25, 0.3) is 0 Å². The molecule has 6 nitrogen and oxygen atoms in total. The monoisotopic (exact) mass is 960 g/mol. The Bertz CT molecular complexity index is 2350. The fourth-order valence-corrected chi connectivity index (χ4v) is 13.3. The van der Waals surface area contributed by atoms with Gasteiger partial charge < -0.3 is 30.6 Å². The van der Waals surface area contributed by atoms with Crippen LogP contribution in [0.4, 0.5) is 0 Å². The van der Waals surface area contributed by atoms with Crippen molar-refractivity contribution in [3.05, 3.63) is 173 Å². The third-order valence-electron chi connectivity index (χ3n) is 12.2.